The fourth-order valence-electron chi connectivity index (χ4n) is 1.38. The van der Waals surface area contributed by atoms with E-state index in [0.717, 1.165) is 0 Å². The second-order valence-electron chi connectivity index (χ2n) is 3.32. The normalized spacial score (nSPS) is 19.4. The van der Waals surface area contributed by atoms with Crippen molar-refractivity contribution in [3.05, 3.63) is 0 Å². The second-order valence-corrected chi connectivity index (χ2v) is 4.81. The van der Waals surface area contributed by atoms with Gasteiger partial charge in [-0.15, -0.1) is 0 Å². The molecule has 7 nitrogen and oxygen atoms in total. The minimum Gasteiger partial charge on any atom is -1.00 e. The van der Waals surface area contributed by atoms with E-state index in [1.807, 2.05) is 4.90 Å². The molecule has 1 aliphatic rings. The van der Waals surface area contributed by atoms with Crippen LogP contribution in [-0.4, -0.2) is 73.2 Å². The zero-order chi connectivity index (χ0) is 10.6. The molecular weight excluding hydrogens is 249 g/mol. The molecule has 1 unspecified atom stereocenters. The predicted octanol–water partition coefficient (Wildman–Crippen LogP) is -5.14. The summed E-state index contributed by atoms with van der Waals surface area (Å²) >= 11 is 0. The van der Waals surface area contributed by atoms with Gasteiger partial charge in [0, 0.05) is 19.6 Å². The maximum atomic E-state index is 10.4. The first-order valence-corrected chi connectivity index (χ1v) is 6.01. The standard InChI is InChI=1S/C7H15NO5S.Na.H2O.H/c9-7(6-14(10,11)12)5-8-1-3-13-4-2-8;;;/h7,9H,1-6H2,(H,10,11,12);;1H2;/q;+1;;-1. The maximum Gasteiger partial charge on any atom is 1.00 e. The third-order valence-corrected chi connectivity index (χ3v) is 2.78. The van der Waals surface area contributed by atoms with E-state index >= 15 is 0 Å². The minimum absolute atomic E-state index is 0. The molecule has 1 fully saturated rings. The maximum absolute atomic E-state index is 10.4. The number of ether oxygens (including phenoxy) is 1. The van der Waals surface area contributed by atoms with E-state index < -0.39 is 22.0 Å². The van der Waals surface area contributed by atoms with Crippen LogP contribution in [0.5, 0.6) is 0 Å². The van der Waals surface area contributed by atoms with Crippen LogP contribution in [-0.2, 0) is 14.9 Å². The van der Waals surface area contributed by atoms with E-state index in [2.05, 4.69) is 0 Å². The molecule has 0 aliphatic carbocycles. The molecule has 0 amide bonds. The molecule has 0 spiro atoms. The number of hydrogen-bond donors (Lipinski definition) is 2. The summed E-state index contributed by atoms with van der Waals surface area (Å²) in [5, 5.41) is 9.32. The molecule has 9 heteroatoms. The summed E-state index contributed by atoms with van der Waals surface area (Å²) in [7, 11) is -4.08. The summed E-state index contributed by atoms with van der Waals surface area (Å²) in [4.78, 5) is 1.90. The average Bonchev–Trinajstić information content (AvgIpc) is 2.02. The van der Waals surface area contributed by atoms with Gasteiger partial charge in [-0.25, -0.2) is 0 Å². The van der Waals surface area contributed by atoms with Crippen molar-refractivity contribution in [3.63, 3.8) is 0 Å². The summed E-state index contributed by atoms with van der Waals surface area (Å²) in [5.41, 5.74) is 0. The van der Waals surface area contributed by atoms with Crippen LogP contribution in [0.3, 0.4) is 0 Å². The molecule has 0 saturated carbocycles. The smallest absolute Gasteiger partial charge is 1.00 e. The Morgan fingerprint density at radius 3 is 2.31 bits per heavy atom. The monoisotopic (exact) mass is 267 g/mol. The Morgan fingerprint density at radius 2 is 1.88 bits per heavy atom. The zero-order valence-corrected chi connectivity index (χ0v) is 12.1. The molecule has 1 heterocycles. The summed E-state index contributed by atoms with van der Waals surface area (Å²) < 4.78 is 34.4. The van der Waals surface area contributed by atoms with E-state index in [1.165, 1.54) is 0 Å². The number of hydrogen-bond acceptors (Lipinski definition) is 5. The molecule has 0 aromatic heterocycles. The molecular formula is C7H18NNaO6S. The van der Waals surface area contributed by atoms with Crippen molar-refractivity contribution in [3.8, 4) is 0 Å². The Morgan fingerprint density at radius 1 is 1.38 bits per heavy atom. The average molecular weight is 267 g/mol. The van der Waals surface area contributed by atoms with Crippen LogP contribution >= 0.6 is 0 Å². The molecule has 0 aromatic carbocycles. The molecule has 0 radical (unpaired) electrons. The third-order valence-electron chi connectivity index (χ3n) is 1.98. The van der Waals surface area contributed by atoms with Gasteiger partial charge in [-0.3, -0.25) is 9.45 Å². The SMILES string of the molecule is O.O=S(=O)(O)CC(O)CN1CCOCC1.[H-].[Na+]. The van der Waals surface area contributed by atoms with Gasteiger partial charge in [-0.1, -0.05) is 0 Å². The van der Waals surface area contributed by atoms with Gasteiger partial charge in [-0.2, -0.15) is 8.42 Å². The Hall–Kier alpha value is 0.750. The Balaban J connectivity index is -0.000000653. The molecule has 0 aromatic rings. The quantitative estimate of drug-likeness (QED) is 0.388. The van der Waals surface area contributed by atoms with Crippen LogP contribution < -0.4 is 29.6 Å². The van der Waals surface area contributed by atoms with Crippen molar-refractivity contribution in [2.45, 2.75) is 6.10 Å². The summed E-state index contributed by atoms with van der Waals surface area (Å²) in [5.74, 6) is -0.607. The van der Waals surface area contributed by atoms with Crippen LogP contribution in [0, 0.1) is 0 Å². The molecule has 4 N–H and O–H groups in total. The van der Waals surface area contributed by atoms with Crippen molar-refractivity contribution in [1.82, 2.24) is 4.90 Å². The first-order valence-electron chi connectivity index (χ1n) is 4.41. The van der Waals surface area contributed by atoms with Gasteiger partial charge in [0.15, 0.2) is 0 Å². The minimum atomic E-state index is -4.08. The summed E-state index contributed by atoms with van der Waals surface area (Å²) in [6, 6.07) is 0. The number of aliphatic hydroxyl groups excluding tert-OH is 1. The van der Waals surface area contributed by atoms with Crippen molar-refractivity contribution in [2.75, 3.05) is 38.6 Å². The van der Waals surface area contributed by atoms with Crippen LogP contribution in [0.1, 0.15) is 1.43 Å². The Labute approximate surface area is 119 Å². The van der Waals surface area contributed by atoms with E-state index in [4.69, 9.17) is 9.29 Å². The van der Waals surface area contributed by atoms with Crippen molar-refractivity contribution < 1.29 is 59.3 Å². The van der Waals surface area contributed by atoms with E-state index in [0.29, 0.717) is 26.3 Å². The third kappa shape index (κ3) is 8.85. The van der Waals surface area contributed by atoms with E-state index in [9.17, 15) is 13.5 Å². The molecule has 1 rings (SSSR count). The summed E-state index contributed by atoms with van der Waals surface area (Å²) in [6.45, 7) is 2.81. The number of aliphatic hydroxyl groups is 1. The number of nitrogens with zero attached hydrogens (tertiary/aromatic N) is 1. The Kier molecular flexibility index (Phi) is 10.5. The first-order chi connectivity index (χ1) is 6.47. The molecule has 16 heavy (non-hydrogen) atoms. The van der Waals surface area contributed by atoms with Crippen LogP contribution in [0.25, 0.3) is 0 Å². The van der Waals surface area contributed by atoms with Crippen molar-refractivity contribution in [2.24, 2.45) is 0 Å². The van der Waals surface area contributed by atoms with Crippen LogP contribution in [0.15, 0.2) is 0 Å². The zero-order valence-electron chi connectivity index (χ0n) is 10.3. The largest absolute Gasteiger partial charge is 1.00 e. The van der Waals surface area contributed by atoms with Crippen molar-refractivity contribution in [1.29, 1.82) is 0 Å². The molecule has 1 aliphatic heterocycles. The van der Waals surface area contributed by atoms with Gasteiger partial charge in [0.05, 0.1) is 19.3 Å². The number of morpholine rings is 1. The number of rotatable bonds is 4. The van der Waals surface area contributed by atoms with Crippen molar-refractivity contribution >= 4 is 10.1 Å². The van der Waals surface area contributed by atoms with Gasteiger partial charge in [0.25, 0.3) is 10.1 Å². The topological polar surface area (TPSA) is 119 Å². The molecule has 94 valence electrons. The molecule has 1 atom stereocenters. The fourth-order valence-corrected chi connectivity index (χ4v) is 1.97. The predicted molar refractivity (Wildman–Crippen MR) is 54.4 cm³/mol. The van der Waals surface area contributed by atoms with Gasteiger partial charge in [0.1, 0.15) is 5.75 Å². The van der Waals surface area contributed by atoms with Gasteiger partial charge in [0.2, 0.25) is 0 Å². The fraction of sp³-hybridized carbons (Fsp3) is 1.00. The second kappa shape index (κ2) is 8.78. The number of β-amino-alcohol motifs (C(OH)–C–C–N with tert-alkyl or cyclic N) is 1. The first kappa shape index (κ1) is 19.1. The van der Waals surface area contributed by atoms with Crippen LogP contribution in [0.2, 0.25) is 0 Å². The molecule has 0 bridgehead atoms. The van der Waals surface area contributed by atoms with Gasteiger partial charge < -0.3 is 16.7 Å². The van der Waals surface area contributed by atoms with E-state index in [-0.39, 0.29) is 43.0 Å². The van der Waals surface area contributed by atoms with Gasteiger partial charge >= 0.3 is 29.6 Å². The van der Waals surface area contributed by atoms with Crippen LogP contribution in [0.4, 0.5) is 0 Å². The Bertz CT molecular complexity index is 272. The van der Waals surface area contributed by atoms with Gasteiger partial charge in [-0.05, 0) is 0 Å². The molecule has 1 saturated heterocycles. The van der Waals surface area contributed by atoms with E-state index in [1.54, 1.807) is 0 Å². The summed E-state index contributed by atoms with van der Waals surface area (Å²) in [6.07, 6.45) is -1.04.